The Balaban J connectivity index is 2.11. The third-order valence-electron chi connectivity index (χ3n) is 6.10. The lowest BCUT2D eigenvalue weighted by Gasteiger charge is -2.21. The first kappa shape index (κ1) is 16.5. The van der Waals surface area contributed by atoms with Crippen LogP contribution in [0.2, 0.25) is 0 Å². The molecule has 0 saturated heterocycles. The molecule has 0 aliphatic heterocycles. The van der Waals surface area contributed by atoms with E-state index in [4.69, 9.17) is 0 Å². The van der Waals surface area contributed by atoms with Gasteiger partial charge in [-0.05, 0) is 46.8 Å². The molecule has 0 bridgehead atoms. The highest BCUT2D eigenvalue weighted by molar-refractivity contribution is 5.27. The molecule has 1 nitrogen and oxygen atoms in total. The Morgan fingerprint density at radius 3 is 1.90 bits per heavy atom. The standard InChI is InChI=1S/C20H33N/c1-8-21-17(18-19(4,5)20(18,6)7)13-15-9-11-16(12-10-15)14(2)3/h9-12,14,17-18,21H,8,13H2,1-7H3. The second-order valence-corrected chi connectivity index (χ2v) is 8.19. The zero-order valence-electron chi connectivity index (χ0n) is 15.0. The van der Waals surface area contributed by atoms with E-state index in [0.717, 1.165) is 18.9 Å². The van der Waals surface area contributed by atoms with Crippen LogP contribution >= 0.6 is 0 Å². The van der Waals surface area contributed by atoms with Gasteiger partial charge in [-0.3, -0.25) is 0 Å². The third-order valence-corrected chi connectivity index (χ3v) is 6.10. The summed E-state index contributed by atoms with van der Waals surface area (Å²) >= 11 is 0. The number of nitrogens with one attached hydrogen (secondary N) is 1. The minimum Gasteiger partial charge on any atom is -0.314 e. The van der Waals surface area contributed by atoms with Gasteiger partial charge in [-0.2, -0.15) is 0 Å². The summed E-state index contributed by atoms with van der Waals surface area (Å²) in [6.45, 7) is 17.5. The van der Waals surface area contributed by atoms with Gasteiger partial charge in [-0.25, -0.2) is 0 Å². The van der Waals surface area contributed by atoms with Gasteiger partial charge in [0.05, 0.1) is 0 Å². The van der Waals surface area contributed by atoms with Crippen LogP contribution in [-0.2, 0) is 6.42 Å². The summed E-state index contributed by atoms with van der Waals surface area (Å²) < 4.78 is 0. The van der Waals surface area contributed by atoms with Crippen LogP contribution in [0.4, 0.5) is 0 Å². The van der Waals surface area contributed by atoms with Crippen molar-refractivity contribution in [3.8, 4) is 0 Å². The number of benzene rings is 1. The fourth-order valence-electron chi connectivity index (χ4n) is 4.12. The van der Waals surface area contributed by atoms with Gasteiger partial charge in [-0.15, -0.1) is 0 Å². The second kappa shape index (κ2) is 5.76. The second-order valence-electron chi connectivity index (χ2n) is 8.19. The van der Waals surface area contributed by atoms with Crippen molar-refractivity contribution in [3.05, 3.63) is 35.4 Å². The van der Waals surface area contributed by atoms with Crippen LogP contribution in [0.25, 0.3) is 0 Å². The lowest BCUT2D eigenvalue weighted by molar-refractivity contribution is 0.403. The van der Waals surface area contributed by atoms with Crippen molar-refractivity contribution >= 4 is 0 Å². The average Bonchev–Trinajstić information content (AvgIpc) is 2.80. The average molecular weight is 287 g/mol. The Hall–Kier alpha value is -0.820. The maximum absolute atomic E-state index is 3.74. The summed E-state index contributed by atoms with van der Waals surface area (Å²) in [5.41, 5.74) is 3.78. The minimum absolute atomic E-state index is 0.442. The number of hydrogen-bond donors (Lipinski definition) is 1. The number of rotatable bonds is 6. The topological polar surface area (TPSA) is 12.0 Å². The predicted octanol–water partition coefficient (Wildman–Crippen LogP) is 5.01. The van der Waals surface area contributed by atoms with E-state index in [0.29, 0.717) is 22.8 Å². The van der Waals surface area contributed by atoms with Crippen molar-refractivity contribution in [1.82, 2.24) is 5.32 Å². The van der Waals surface area contributed by atoms with Crippen LogP contribution in [0.15, 0.2) is 24.3 Å². The SMILES string of the molecule is CCNC(Cc1ccc(C(C)C)cc1)C1C(C)(C)C1(C)C. The highest BCUT2D eigenvalue weighted by atomic mass is 15.0. The summed E-state index contributed by atoms with van der Waals surface area (Å²) in [6.07, 6.45) is 1.14. The highest BCUT2D eigenvalue weighted by Gasteiger charge is 2.66. The van der Waals surface area contributed by atoms with Crippen molar-refractivity contribution in [2.24, 2.45) is 16.7 Å². The molecule has 1 aliphatic carbocycles. The molecular weight excluding hydrogens is 254 g/mol. The van der Waals surface area contributed by atoms with Crippen molar-refractivity contribution in [3.63, 3.8) is 0 Å². The van der Waals surface area contributed by atoms with Gasteiger partial charge in [0.1, 0.15) is 0 Å². The van der Waals surface area contributed by atoms with Crippen molar-refractivity contribution in [1.29, 1.82) is 0 Å². The largest absolute Gasteiger partial charge is 0.314 e. The van der Waals surface area contributed by atoms with Crippen LogP contribution in [0.3, 0.4) is 0 Å². The van der Waals surface area contributed by atoms with E-state index < -0.39 is 0 Å². The Bertz CT molecular complexity index is 453. The molecule has 0 radical (unpaired) electrons. The Kier molecular flexibility index (Phi) is 4.54. The van der Waals surface area contributed by atoms with Crippen LogP contribution in [0.1, 0.15) is 65.5 Å². The normalized spacial score (nSPS) is 21.5. The summed E-state index contributed by atoms with van der Waals surface area (Å²) in [5, 5.41) is 3.74. The maximum Gasteiger partial charge on any atom is 0.0146 e. The lowest BCUT2D eigenvalue weighted by atomic mass is 9.94. The molecule has 1 aromatic rings. The maximum atomic E-state index is 3.74. The molecular formula is C20H33N. The zero-order valence-corrected chi connectivity index (χ0v) is 15.0. The fraction of sp³-hybridized carbons (Fsp3) is 0.700. The molecule has 1 heteroatoms. The highest BCUT2D eigenvalue weighted by Crippen LogP contribution is 2.69. The van der Waals surface area contributed by atoms with Gasteiger partial charge in [0.25, 0.3) is 0 Å². The smallest absolute Gasteiger partial charge is 0.0146 e. The summed E-state index contributed by atoms with van der Waals surface area (Å²) in [6, 6.07) is 9.83. The van der Waals surface area contributed by atoms with E-state index in [9.17, 15) is 0 Å². The molecule has 1 atom stereocenters. The van der Waals surface area contributed by atoms with Gasteiger partial charge < -0.3 is 5.32 Å². The Morgan fingerprint density at radius 2 is 1.52 bits per heavy atom. The van der Waals surface area contributed by atoms with E-state index in [1.165, 1.54) is 11.1 Å². The van der Waals surface area contributed by atoms with E-state index in [2.05, 4.69) is 78.0 Å². The first-order chi connectivity index (χ1) is 9.71. The van der Waals surface area contributed by atoms with Gasteiger partial charge in [0, 0.05) is 6.04 Å². The van der Waals surface area contributed by atoms with Crippen molar-refractivity contribution < 1.29 is 0 Å². The predicted molar refractivity (Wildman–Crippen MR) is 92.8 cm³/mol. The molecule has 1 aliphatic rings. The van der Waals surface area contributed by atoms with Crippen LogP contribution in [0, 0.1) is 16.7 Å². The fourth-order valence-corrected chi connectivity index (χ4v) is 4.12. The van der Waals surface area contributed by atoms with Crippen molar-refractivity contribution in [2.45, 2.75) is 66.8 Å². The lowest BCUT2D eigenvalue weighted by Crippen LogP contribution is -2.35. The van der Waals surface area contributed by atoms with Crippen LogP contribution in [0.5, 0.6) is 0 Å². The van der Waals surface area contributed by atoms with Gasteiger partial charge >= 0.3 is 0 Å². The summed E-state index contributed by atoms with van der Waals surface area (Å²) in [7, 11) is 0. The molecule has 0 heterocycles. The molecule has 1 aromatic carbocycles. The molecule has 1 saturated carbocycles. The summed E-state index contributed by atoms with van der Waals surface area (Å²) in [4.78, 5) is 0. The minimum atomic E-state index is 0.442. The monoisotopic (exact) mass is 287 g/mol. The molecule has 0 amide bonds. The van der Waals surface area contributed by atoms with E-state index in [1.54, 1.807) is 0 Å². The van der Waals surface area contributed by atoms with E-state index in [1.807, 2.05) is 0 Å². The molecule has 0 spiro atoms. The third kappa shape index (κ3) is 3.04. The molecule has 2 rings (SSSR count). The Labute approximate surface area is 131 Å². The zero-order chi connectivity index (χ0) is 15.8. The molecule has 1 N–H and O–H groups in total. The molecule has 1 fully saturated rings. The van der Waals surface area contributed by atoms with Gasteiger partial charge in [-0.1, -0.05) is 72.7 Å². The van der Waals surface area contributed by atoms with Crippen LogP contribution in [-0.4, -0.2) is 12.6 Å². The van der Waals surface area contributed by atoms with E-state index >= 15 is 0 Å². The van der Waals surface area contributed by atoms with Crippen molar-refractivity contribution in [2.75, 3.05) is 6.54 Å². The van der Waals surface area contributed by atoms with Crippen LogP contribution < -0.4 is 5.32 Å². The molecule has 118 valence electrons. The molecule has 1 unspecified atom stereocenters. The number of likely N-dealkylation sites (N-methyl/N-ethyl adjacent to an activating group) is 1. The number of hydrogen-bond acceptors (Lipinski definition) is 1. The first-order valence-electron chi connectivity index (χ1n) is 8.54. The Morgan fingerprint density at radius 1 is 1.00 bits per heavy atom. The van der Waals surface area contributed by atoms with E-state index in [-0.39, 0.29) is 0 Å². The quantitative estimate of drug-likeness (QED) is 0.775. The molecule has 21 heavy (non-hydrogen) atoms. The van der Waals surface area contributed by atoms with Gasteiger partial charge in [0.2, 0.25) is 0 Å². The first-order valence-corrected chi connectivity index (χ1v) is 8.54. The van der Waals surface area contributed by atoms with Gasteiger partial charge in [0.15, 0.2) is 0 Å². The summed E-state index contributed by atoms with van der Waals surface area (Å²) in [5.74, 6) is 1.37. The molecule has 0 aromatic heterocycles.